The van der Waals surface area contributed by atoms with Gasteiger partial charge in [-0.1, -0.05) is 13.0 Å². The minimum absolute atomic E-state index is 0.153. The van der Waals surface area contributed by atoms with Gasteiger partial charge in [-0.2, -0.15) is 0 Å². The van der Waals surface area contributed by atoms with Crippen LogP contribution in [-0.2, 0) is 9.59 Å². The van der Waals surface area contributed by atoms with Crippen molar-refractivity contribution >= 4 is 11.8 Å². The van der Waals surface area contributed by atoms with Gasteiger partial charge in [0.15, 0.2) is 0 Å². The summed E-state index contributed by atoms with van der Waals surface area (Å²) in [6.07, 6.45) is 8.07. The van der Waals surface area contributed by atoms with Crippen molar-refractivity contribution in [1.29, 1.82) is 0 Å². The second kappa shape index (κ2) is 6.19. The second-order valence-electron chi connectivity index (χ2n) is 7.65. The summed E-state index contributed by atoms with van der Waals surface area (Å²) in [5.74, 6) is 1.31. The fourth-order valence-corrected chi connectivity index (χ4v) is 4.51. The van der Waals surface area contributed by atoms with Crippen LogP contribution in [0, 0.1) is 5.92 Å². The third-order valence-electron chi connectivity index (χ3n) is 5.95. The summed E-state index contributed by atoms with van der Waals surface area (Å²) in [5, 5.41) is 0. The quantitative estimate of drug-likeness (QED) is 0.837. The first kappa shape index (κ1) is 15.6. The Labute approximate surface area is 143 Å². The second-order valence-corrected chi connectivity index (χ2v) is 7.65. The average Bonchev–Trinajstić information content (AvgIpc) is 2.89. The zero-order chi connectivity index (χ0) is 16.7. The summed E-state index contributed by atoms with van der Waals surface area (Å²) in [7, 11) is 0. The lowest BCUT2D eigenvalue weighted by molar-refractivity contribution is -0.148. The van der Waals surface area contributed by atoms with Crippen LogP contribution in [0.15, 0.2) is 24.5 Å². The summed E-state index contributed by atoms with van der Waals surface area (Å²) in [6.45, 7) is 3.73. The molecule has 5 nitrogen and oxygen atoms in total. The van der Waals surface area contributed by atoms with Gasteiger partial charge in [0.25, 0.3) is 0 Å². The van der Waals surface area contributed by atoms with Crippen molar-refractivity contribution in [3.63, 3.8) is 0 Å². The van der Waals surface area contributed by atoms with Gasteiger partial charge < -0.3 is 9.80 Å². The smallest absolute Gasteiger partial charge is 0.245 e. The van der Waals surface area contributed by atoms with E-state index >= 15 is 0 Å². The molecule has 5 heteroatoms. The first-order valence-electron chi connectivity index (χ1n) is 9.13. The summed E-state index contributed by atoms with van der Waals surface area (Å²) >= 11 is 0. The predicted octanol–water partition coefficient (Wildman–Crippen LogP) is 2.19. The number of hydrogen-bond donors (Lipinski definition) is 0. The molecule has 3 aliphatic heterocycles. The van der Waals surface area contributed by atoms with E-state index in [1.54, 1.807) is 6.20 Å². The summed E-state index contributed by atoms with van der Waals surface area (Å²) < 4.78 is 0. The molecule has 0 N–H and O–H groups in total. The van der Waals surface area contributed by atoms with Crippen molar-refractivity contribution in [3.8, 4) is 0 Å². The fraction of sp³-hybridized carbons (Fsp3) is 0.632. The van der Waals surface area contributed by atoms with Gasteiger partial charge in [0.05, 0.1) is 0 Å². The third kappa shape index (κ3) is 2.70. The van der Waals surface area contributed by atoms with E-state index in [9.17, 15) is 9.59 Å². The molecule has 4 rings (SSSR count). The van der Waals surface area contributed by atoms with Gasteiger partial charge in [0, 0.05) is 43.9 Å². The van der Waals surface area contributed by atoms with Gasteiger partial charge in [-0.15, -0.1) is 0 Å². The van der Waals surface area contributed by atoms with E-state index in [0.29, 0.717) is 18.3 Å². The summed E-state index contributed by atoms with van der Waals surface area (Å²) in [4.78, 5) is 33.4. The molecule has 1 aromatic rings. The number of amides is 2. The monoisotopic (exact) mass is 327 g/mol. The highest BCUT2D eigenvalue weighted by Crippen LogP contribution is 2.36. The normalized spacial score (nSPS) is 30.7. The van der Waals surface area contributed by atoms with Crippen LogP contribution in [0.4, 0.5) is 0 Å². The van der Waals surface area contributed by atoms with E-state index in [0.717, 1.165) is 38.8 Å². The topological polar surface area (TPSA) is 53.5 Å². The zero-order valence-electron chi connectivity index (χ0n) is 14.2. The Morgan fingerprint density at radius 3 is 2.83 bits per heavy atom. The number of likely N-dealkylation sites (tertiary alicyclic amines) is 1. The van der Waals surface area contributed by atoms with Crippen molar-refractivity contribution in [1.82, 2.24) is 14.8 Å². The van der Waals surface area contributed by atoms with E-state index in [2.05, 4.69) is 18.0 Å². The number of rotatable bonds is 2. The largest absolute Gasteiger partial charge is 0.340 e. The third-order valence-corrected chi connectivity index (χ3v) is 5.95. The predicted molar refractivity (Wildman–Crippen MR) is 90.2 cm³/mol. The molecule has 2 amide bonds. The van der Waals surface area contributed by atoms with Crippen LogP contribution in [0.2, 0.25) is 0 Å². The maximum absolute atomic E-state index is 12.9. The van der Waals surface area contributed by atoms with Crippen LogP contribution in [0.25, 0.3) is 0 Å². The molecule has 4 heterocycles. The molecule has 3 atom stereocenters. The lowest BCUT2D eigenvalue weighted by Crippen LogP contribution is -2.56. The van der Waals surface area contributed by atoms with Crippen LogP contribution in [-0.4, -0.2) is 51.8 Å². The number of pyridine rings is 1. The minimum Gasteiger partial charge on any atom is -0.340 e. The number of fused-ring (bicyclic) bond motifs is 1. The van der Waals surface area contributed by atoms with Crippen molar-refractivity contribution < 1.29 is 9.59 Å². The van der Waals surface area contributed by atoms with E-state index in [-0.39, 0.29) is 23.9 Å². The molecule has 24 heavy (non-hydrogen) atoms. The molecule has 3 saturated heterocycles. The molecule has 3 fully saturated rings. The molecule has 0 saturated carbocycles. The van der Waals surface area contributed by atoms with Crippen LogP contribution in [0.1, 0.15) is 50.5 Å². The number of carbonyl (C=O) groups is 2. The van der Waals surface area contributed by atoms with E-state index < -0.39 is 0 Å². The SMILES string of the molecule is CC1CCC(=O)N2[C@H](CC[C@H]2C(=O)N2CC(c3cccnc3)C2)C1. The van der Waals surface area contributed by atoms with E-state index in [1.807, 2.05) is 22.1 Å². The Balaban J connectivity index is 1.41. The Morgan fingerprint density at radius 2 is 2.08 bits per heavy atom. The average molecular weight is 327 g/mol. The van der Waals surface area contributed by atoms with Gasteiger partial charge in [0.2, 0.25) is 11.8 Å². The van der Waals surface area contributed by atoms with Crippen LogP contribution in [0.5, 0.6) is 0 Å². The number of nitrogens with zero attached hydrogens (tertiary/aromatic N) is 3. The Morgan fingerprint density at radius 1 is 1.25 bits per heavy atom. The van der Waals surface area contributed by atoms with Gasteiger partial charge in [0.1, 0.15) is 6.04 Å². The number of carbonyl (C=O) groups excluding carboxylic acids is 2. The summed E-state index contributed by atoms with van der Waals surface area (Å²) in [5.41, 5.74) is 1.20. The standard InChI is InChI=1S/C19H25N3O2/c1-13-4-7-18(23)22-16(9-13)5-6-17(22)19(24)21-11-15(12-21)14-3-2-8-20-10-14/h2-3,8,10,13,15-17H,4-7,9,11-12H2,1H3/t13?,16-,17+/m1/s1. The molecule has 0 aliphatic carbocycles. The highest BCUT2D eigenvalue weighted by atomic mass is 16.2. The molecule has 3 aliphatic rings. The van der Waals surface area contributed by atoms with Gasteiger partial charge in [-0.3, -0.25) is 14.6 Å². The van der Waals surface area contributed by atoms with Crippen LogP contribution >= 0.6 is 0 Å². The molecule has 0 aromatic carbocycles. The van der Waals surface area contributed by atoms with Crippen molar-refractivity contribution in [2.45, 2.75) is 57.0 Å². The van der Waals surface area contributed by atoms with Gasteiger partial charge in [-0.05, 0) is 43.2 Å². The molecule has 1 unspecified atom stereocenters. The molecular formula is C19H25N3O2. The van der Waals surface area contributed by atoms with Crippen molar-refractivity contribution in [2.24, 2.45) is 5.92 Å². The maximum Gasteiger partial charge on any atom is 0.245 e. The lowest BCUT2D eigenvalue weighted by Gasteiger charge is -2.42. The van der Waals surface area contributed by atoms with Gasteiger partial charge in [-0.25, -0.2) is 0 Å². The van der Waals surface area contributed by atoms with Crippen LogP contribution < -0.4 is 0 Å². The number of aromatic nitrogens is 1. The first-order valence-corrected chi connectivity index (χ1v) is 9.13. The molecule has 1 aromatic heterocycles. The summed E-state index contributed by atoms with van der Waals surface area (Å²) in [6, 6.07) is 4.07. The molecule has 0 bridgehead atoms. The minimum atomic E-state index is -0.220. The molecule has 0 radical (unpaired) electrons. The van der Waals surface area contributed by atoms with E-state index in [1.165, 1.54) is 5.56 Å². The van der Waals surface area contributed by atoms with E-state index in [4.69, 9.17) is 0 Å². The lowest BCUT2D eigenvalue weighted by atomic mass is 9.92. The number of hydrogen-bond acceptors (Lipinski definition) is 3. The first-order chi connectivity index (χ1) is 11.6. The van der Waals surface area contributed by atoms with Crippen LogP contribution in [0.3, 0.4) is 0 Å². The molecule has 0 spiro atoms. The highest BCUT2D eigenvalue weighted by molar-refractivity contribution is 5.89. The highest BCUT2D eigenvalue weighted by Gasteiger charge is 2.45. The van der Waals surface area contributed by atoms with Crippen molar-refractivity contribution in [3.05, 3.63) is 30.1 Å². The van der Waals surface area contributed by atoms with Crippen molar-refractivity contribution in [2.75, 3.05) is 13.1 Å². The Bertz CT molecular complexity index is 627. The molecular weight excluding hydrogens is 302 g/mol. The van der Waals surface area contributed by atoms with Gasteiger partial charge >= 0.3 is 0 Å². The Hall–Kier alpha value is -1.91. The Kier molecular flexibility index (Phi) is 4.02. The fourth-order valence-electron chi connectivity index (χ4n) is 4.51. The molecule has 128 valence electrons. The zero-order valence-corrected chi connectivity index (χ0v) is 14.2. The maximum atomic E-state index is 12.9.